The lowest BCUT2D eigenvalue weighted by atomic mass is 9.93. The van der Waals surface area contributed by atoms with Crippen LogP contribution in [-0.2, 0) is 9.59 Å². The van der Waals surface area contributed by atoms with Crippen LogP contribution in [0.4, 0.5) is 4.79 Å². The molecule has 106 valence electrons. The van der Waals surface area contributed by atoms with E-state index in [0.717, 1.165) is 0 Å². The first-order chi connectivity index (χ1) is 9.27. The molecule has 0 heterocycles. The van der Waals surface area contributed by atoms with Crippen molar-refractivity contribution in [1.29, 1.82) is 0 Å². The minimum atomic E-state index is -3.07. The summed E-state index contributed by atoms with van der Waals surface area (Å²) in [6.07, 6.45) is -1.02. The second kappa shape index (κ2) is 5.93. The van der Waals surface area contributed by atoms with Crippen molar-refractivity contribution in [2.75, 3.05) is 0 Å². The Labute approximate surface area is 113 Å². The number of carboxylic acids is 1. The van der Waals surface area contributed by atoms with Gasteiger partial charge in [-0.1, -0.05) is 30.3 Å². The van der Waals surface area contributed by atoms with Gasteiger partial charge in [0.1, 0.15) is 0 Å². The summed E-state index contributed by atoms with van der Waals surface area (Å²) in [6.45, 7) is 0. The van der Waals surface area contributed by atoms with Crippen molar-refractivity contribution in [3.63, 3.8) is 0 Å². The van der Waals surface area contributed by atoms with Gasteiger partial charge >= 0.3 is 12.0 Å². The number of hydrogen-bond acceptors (Lipinski definition) is 5. The zero-order valence-corrected chi connectivity index (χ0v) is 10.2. The number of aliphatic carboxylic acids is 1. The summed E-state index contributed by atoms with van der Waals surface area (Å²) in [5.41, 5.74) is 1.73. The first-order valence-corrected chi connectivity index (χ1v) is 5.42. The molecule has 0 aliphatic rings. The van der Waals surface area contributed by atoms with Gasteiger partial charge in [-0.15, -0.1) is 0 Å². The number of Topliss-reactive ketones (excluding diaryl/α,β-unsaturated/α-hetero) is 1. The number of ketones is 1. The van der Waals surface area contributed by atoms with E-state index >= 15 is 0 Å². The zero-order valence-electron chi connectivity index (χ0n) is 10.2. The Balaban J connectivity index is 2.98. The van der Waals surface area contributed by atoms with Crippen LogP contribution in [-0.4, -0.2) is 39.5 Å². The number of imide groups is 1. The van der Waals surface area contributed by atoms with E-state index in [-0.39, 0.29) is 5.56 Å². The lowest BCUT2D eigenvalue weighted by Crippen LogP contribution is -2.56. The molecule has 0 fully saturated rings. The highest BCUT2D eigenvalue weighted by atomic mass is 16.4. The number of primary amides is 1. The Hall–Kier alpha value is -2.74. The zero-order chi connectivity index (χ0) is 15.3. The molecule has 1 atom stereocenters. The Morgan fingerprint density at radius 1 is 1.15 bits per heavy atom. The predicted octanol–water partition coefficient (Wildman–Crippen LogP) is -0.730. The van der Waals surface area contributed by atoms with Crippen molar-refractivity contribution >= 4 is 23.7 Å². The number of benzene rings is 1. The smallest absolute Gasteiger partial charge is 0.346 e. The quantitative estimate of drug-likeness (QED) is 0.413. The van der Waals surface area contributed by atoms with Crippen LogP contribution in [0.5, 0.6) is 0 Å². The molecule has 1 rings (SSSR count). The van der Waals surface area contributed by atoms with Crippen molar-refractivity contribution in [3.8, 4) is 0 Å². The highest BCUT2D eigenvalue weighted by Gasteiger charge is 2.46. The van der Waals surface area contributed by atoms with Crippen molar-refractivity contribution in [2.24, 2.45) is 5.73 Å². The summed E-state index contributed by atoms with van der Waals surface area (Å²) < 4.78 is 0. The fraction of sp³-hybridized carbons (Fsp3) is 0.167. The van der Waals surface area contributed by atoms with E-state index in [1.165, 1.54) is 29.6 Å². The Bertz CT molecular complexity index is 556. The molecule has 8 heteroatoms. The minimum absolute atomic E-state index is 0.124. The minimum Gasteiger partial charge on any atom is -0.479 e. The first-order valence-electron chi connectivity index (χ1n) is 5.42. The standard InChI is InChI=1S/C12H12N2O6/c13-11(19)14-9(16)12(20,10(17)18)6-8(15)7-4-2-1-3-5-7/h1-5,20H,6H2,(H,17,18)(H3,13,14,16,19). The van der Waals surface area contributed by atoms with E-state index in [4.69, 9.17) is 5.11 Å². The van der Waals surface area contributed by atoms with Crippen molar-refractivity contribution < 1.29 is 29.4 Å². The third-order valence-electron chi connectivity index (χ3n) is 2.48. The van der Waals surface area contributed by atoms with Gasteiger partial charge in [-0.2, -0.15) is 0 Å². The highest BCUT2D eigenvalue weighted by Crippen LogP contribution is 2.16. The fourth-order valence-corrected chi connectivity index (χ4v) is 1.43. The van der Waals surface area contributed by atoms with E-state index in [1.54, 1.807) is 6.07 Å². The molecule has 0 aromatic heterocycles. The molecule has 1 aromatic rings. The molecule has 0 aliphatic heterocycles. The highest BCUT2D eigenvalue weighted by molar-refractivity contribution is 6.14. The monoisotopic (exact) mass is 280 g/mol. The second-order valence-electron chi connectivity index (χ2n) is 3.95. The number of urea groups is 1. The molecule has 0 bridgehead atoms. The van der Waals surface area contributed by atoms with Crippen molar-refractivity contribution in [2.45, 2.75) is 12.0 Å². The van der Waals surface area contributed by atoms with Gasteiger partial charge < -0.3 is 15.9 Å². The molecule has 8 nitrogen and oxygen atoms in total. The molecule has 0 aliphatic carbocycles. The number of carbonyl (C=O) groups is 4. The summed E-state index contributed by atoms with van der Waals surface area (Å²) in [4.78, 5) is 44.9. The number of hydrogen-bond donors (Lipinski definition) is 4. The van der Waals surface area contributed by atoms with E-state index in [0.29, 0.717) is 0 Å². The number of carboxylic acid groups (broad SMARTS) is 1. The Morgan fingerprint density at radius 3 is 2.15 bits per heavy atom. The number of carbonyl (C=O) groups excluding carboxylic acids is 3. The maximum atomic E-state index is 11.8. The van der Waals surface area contributed by atoms with Crippen LogP contribution in [0.2, 0.25) is 0 Å². The molecule has 3 amide bonds. The van der Waals surface area contributed by atoms with Gasteiger partial charge in [-0.05, 0) is 0 Å². The number of amides is 3. The van der Waals surface area contributed by atoms with E-state index in [1.807, 2.05) is 0 Å². The van der Waals surface area contributed by atoms with Crippen LogP contribution < -0.4 is 11.1 Å². The van der Waals surface area contributed by atoms with Gasteiger partial charge in [0.25, 0.3) is 5.91 Å². The van der Waals surface area contributed by atoms with Crippen LogP contribution in [0.1, 0.15) is 16.8 Å². The normalized spacial score (nSPS) is 13.1. The van der Waals surface area contributed by atoms with Gasteiger partial charge in [-0.3, -0.25) is 14.9 Å². The average molecular weight is 280 g/mol. The van der Waals surface area contributed by atoms with Gasteiger partial charge in [0.15, 0.2) is 5.78 Å². The van der Waals surface area contributed by atoms with E-state index in [9.17, 15) is 24.3 Å². The lowest BCUT2D eigenvalue weighted by Gasteiger charge is -2.20. The number of rotatable bonds is 5. The largest absolute Gasteiger partial charge is 0.479 e. The molecule has 0 radical (unpaired) electrons. The van der Waals surface area contributed by atoms with Crippen LogP contribution >= 0.6 is 0 Å². The predicted molar refractivity (Wildman–Crippen MR) is 65.7 cm³/mol. The molecular formula is C12H12N2O6. The fourth-order valence-electron chi connectivity index (χ4n) is 1.43. The maximum absolute atomic E-state index is 11.8. The summed E-state index contributed by atoms with van der Waals surface area (Å²) in [6, 6.07) is 6.18. The SMILES string of the molecule is NC(=O)NC(=O)C(O)(CC(=O)c1ccccc1)C(=O)O. The third kappa shape index (κ3) is 3.39. The topological polar surface area (TPSA) is 147 Å². The second-order valence-corrected chi connectivity index (χ2v) is 3.95. The molecule has 0 saturated heterocycles. The summed E-state index contributed by atoms with van der Waals surface area (Å²) >= 11 is 0. The lowest BCUT2D eigenvalue weighted by molar-refractivity contribution is -0.165. The number of nitrogens with two attached hydrogens (primary N) is 1. The van der Waals surface area contributed by atoms with Gasteiger partial charge in [-0.25, -0.2) is 9.59 Å². The van der Waals surface area contributed by atoms with Gasteiger partial charge in [0, 0.05) is 5.56 Å². The molecule has 1 aromatic carbocycles. The Morgan fingerprint density at radius 2 is 1.70 bits per heavy atom. The van der Waals surface area contributed by atoms with Crippen molar-refractivity contribution in [1.82, 2.24) is 5.32 Å². The van der Waals surface area contributed by atoms with Crippen LogP contribution in [0.15, 0.2) is 30.3 Å². The van der Waals surface area contributed by atoms with Crippen LogP contribution in [0, 0.1) is 0 Å². The van der Waals surface area contributed by atoms with E-state index in [2.05, 4.69) is 5.73 Å². The maximum Gasteiger partial charge on any atom is 0.346 e. The van der Waals surface area contributed by atoms with E-state index < -0.39 is 35.7 Å². The summed E-state index contributed by atoms with van der Waals surface area (Å²) in [7, 11) is 0. The molecular weight excluding hydrogens is 268 g/mol. The van der Waals surface area contributed by atoms with Gasteiger partial charge in [0.05, 0.1) is 6.42 Å². The molecule has 1 unspecified atom stereocenters. The van der Waals surface area contributed by atoms with Gasteiger partial charge in [0.2, 0.25) is 5.60 Å². The summed E-state index contributed by atoms with van der Waals surface area (Å²) in [5.74, 6) is -4.29. The van der Waals surface area contributed by atoms with Crippen molar-refractivity contribution in [3.05, 3.63) is 35.9 Å². The average Bonchev–Trinajstić information content (AvgIpc) is 2.38. The Kier molecular flexibility index (Phi) is 4.54. The third-order valence-corrected chi connectivity index (χ3v) is 2.48. The molecule has 20 heavy (non-hydrogen) atoms. The first kappa shape index (κ1) is 15.3. The molecule has 0 saturated carbocycles. The van der Waals surface area contributed by atoms with Crippen LogP contribution in [0.25, 0.3) is 0 Å². The van der Waals surface area contributed by atoms with Crippen LogP contribution in [0.3, 0.4) is 0 Å². The molecule has 0 spiro atoms. The number of nitrogens with one attached hydrogen (secondary N) is 1. The molecule has 5 N–H and O–H groups in total. The summed E-state index contributed by atoms with van der Waals surface area (Å²) in [5, 5.41) is 20.1. The number of aliphatic hydroxyl groups is 1.